The van der Waals surface area contributed by atoms with Gasteiger partial charge >= 0.3 is 23.1 Å². The Kier molecular flexibility index (Phi) is 9.38. The third kappa shape index (κ3) is 4.08. The van der Waals surface area contributed by atoms with Gasteiger partial charge in [-0.05, 0) is 0 Å². The first-order valence-electron chi connectivity index (χ1n) is 2.29. The zero-order chi connectivity index (χ0) is 5.82. The summed E-state index contributed by atoms with van der Waals surface area (Å²) in [5.41, 5.74) is 0. The number of aromatic nitrogens is 1. The summed E-state index contributed by atoms with van der Waals surface area (Å²) in [5.74, 6) is 0.628. The van der Waals surface area contributed by atoms with Crippen LogP contribution in [0.25, 0.3) is 0 Å². The molecule has 0 fully saturated rings. The topological polar surface area (TPSA) is 22.1 Å². The van der Waals surface area contributed by atoms with E-state index in [0.29, 0.717) is 5.88 Å². The maximum atomic E-state index is 4.78. The van der Waals surface area contributed by atoms with Crippen LogP contribution in [0.5, 0.6) is 5.88 Å². The number of hydrogen-bond donors (Lipinski definition) is 0. The summed E-state index contributed by atoms with van der Waals surface area (Å²) in [4.78, 5) is 3.82. The summed E-state index contributed by atoms with van der Waals surface area (Å²) >= 11 is 0. The minimum atomic E-state index is 0. The summed E-state index contributed by atoms with van der Waals surface area (Å²) in [6.45, 7) is 0. The van der Waals surface area contributed by atoms with Gasteiger partial charge in [0.15, 0.2) is 0 Å². The largest absolute Gasteiger partial charge is 2.00 e. The van der Waals surface area contributed by atoms with Gasteiger partial charge in [0.1, 0.15) is 5.88 Å². The van der Waals surface area contributed by atoms with Crippen LogP contribution in [0.1, 0.15) is 0 Å². The van der Waals surface area contributed by atoms with Crippen LogP contribution in [-0.4, -0.2) is 35.1 Å². The summed E-state index contributed by atoms with van der Waals surface area (Å²) in [6, 6.07) is 6.28. The van der Waals surface area contributed by atoms with Crippen LogP contribution in [0.4, 0.5) is 0 Å². The van der Waals surface area contributed by atoms with Gasteiger partial charge in [-0.25, -0.2) is 12.1 Å². The Labute approximate surface area is 86.9 Å². The van der Waals surface area contributed by atoms with Crippen LogP contribution in [-0.2, 0) is 0 Å². The second-order valence-corrected chi connectivity index (χ2v) is 1.30. The van der Waals surface area contributed by atoms with E-state index in [1.165, 1.54) is 0 Å². The molecule has 50 valence electrons. The molecule has 10 heavy (non-hydrogen) atoms. The van der Waals surface area contributed by atoms with Crippen LogP contribution in [0.2, 0.25) is 0 Å². The van der Waals surface area contributed by atoms with Crippen molar-refractivity contribution in [2.75, 3.05) is 7.11 Å². The van der Waals surface area contributed by atoms with Crippen LogP contribution in [0.3, 0.4) is 0 Å². The van der Waals surface area contributed by atoms with E-state index in [1.807, 2.05) is 0 Å². The van der Waals surface area contributed by atoms with E-state index in [1.54, 1.807) is 25.4 Å². The molecule has 0 saturated heterocycles. The predicted molar refractivity (Wildman–Crippen MR) is 35.4 cm³/mol. The summed E-state index contributed by atoms with van der Waals surface area (Å²) < 4.78 is 4.78. The van der Waals surface area contributed by atoms with Gasteiger partial charge in [0.25, 0.3) is 0 Å². The molecule has 0 bridgehead atoms. The molecule has 0 aromatic carbocycles. The van der Waals surface area contributed by atoms with Crippen molar-refractivity contribution in [3.05, 3.63) is 24.4 Å². The van der Waals surface area contributed by atoms with E-state index in [-0.39, 0.29) is 40.0 Å². The summed E-state index contributed by atoms with van der Waals surface area (Å²) in [6.07, 6.45) is 1.57. The molecule has 0 atom stereocenters. The number of pyridine rings is 1. The summed E-state index contributed by atoms with van der Waals surface area (Å²) in [5, 5.41) is 0. The van der Waals surface area contributed by atoms with Crippen LogP contribution >= 0.6 is 0 Å². The number of nitrogens with zero attached hydrogens (tertiary/aromatic N) is 1. The average Bonchev–Trinajstić information content (AvgIpc) is 1.90. The molecule has 1 rings (SSSR count). The van der Waals surface area contributed by atoms with Crippen molar-refractivity contribution < 1.29 is 21.7 Å². The van der Waals surface area contributed by atoms with E-state index in [9.17, 15) is 0 Å². The van der Waals surface area contributed by atoms with Gasteiger partial charge in [0, 0.05) is 0 Å². The second-order valence-electron chi connectivity index (χ2n) is 1.30. The standard InChI is InChI=1S/C6H6NO.BrH.Mg/c1-8-6-4-2-3-5-7-6;;/h2,4-5H,1H3;1H;/q-1;;+2/p-1. The number of methoxy groups -OCH3 is 1. The van der Waals surface area contributed by atoms with Crippen molar-refractivity contribution in [1.29, 1.82) is 0 Å². The Morgan fingerprint density at radius 2 is 2.30 bits per heavy atom. The first-order valence-corrected chi connectivity index (χ1v) is 2.29. The Hall–Kier alpha value is 0.196. The van der Waals surface area contributed by atoms with E-state index >= 15 is 0 Å². The predicted octanol–water partition coefficient (Wildman–Crippen LogP) is -2.49. The molecule has 0 unspecified atom stereocenters. The third-order valence-electron chi connectivity index (χ3n) is 0.798. The van der Waals surface area contributed by atoms with Crippen molar-refractivity contribution in [3.63, 3.8) is 0 Å². The maximum absolute atomic E-state index is 4.78. The number of halogens is 1. The molecule has 1 aromatic heterocycles. The van der Waals surface area contributed by atoms with Crippen LogP contribution in [0, 0.1) is 6.07 Å². The van der Waals surface area contributed by atoms with Gasteiger partial charge in [-0.1, -0.05) is 6.20 Å². The fraction of sp³-hybridized carbons (Fsp3) is 0.167. The SMILES string of the molecule is COc1cc[c-]cn1.[Br-].[Mg+2]. The van der Waals surface area contributed by atoms with Crippen molar-refractivity contribution in [3.8, 4) is 5.88 Å². The molecular weight excluding hydrogens is 206 g/mol. The van der Waals surface area contributed by atoms with Crippen LogP contribution < -0.4 is 21.7 Å². The van der Waals surface area contributed by atoms with Gasteiger partial charge in [0.05, 0.1) is 7.11 Å². The van der Waals surface area contributed by atoms with Crippen molar-refractivity contribution >= 4 is 23.1 Å². The molecule has 0 radical (unpaired) electrons. The summed E-state index contributed by atoms with van der Waals surface area (Å²) in [7, 11) is 1.59. The maximum Gasteiger partial charge on any atom is 2.00 e. The molecule has 0 saturated carbocycles. The minimum Gasteiger partial charge on any atom is -1.00 e. The van der Waals surface area contributed by atoms with Gasteiger partial charge in [-0.2, -0.15) is 0 Å². The molecule has 1 heterocycles. The van der Waals surface area contributed by atoms with Gasteiger partial charge in [0.2, 0.25) is 0 Å². The van der Waals surface area contributed by atoms with Gasteiger partial charge < -0.3 is 21.7 Å². The fourth-order valence-corrected chi connectivity index (χ4v) is 0.427. The van der Waals surface area contributed by atoms with E-state index in [2.05, 4.69) is 11.1 Å². The Balaban J connectivity index is 0. The second kappa shape index (κ2) is 7.30. The first-order chi connectivity index (χ1) is 3.93. The minimum absolute atomic E-state index is 0. The molecule has 0 amide bonds. The molecular formula is C6H6BrMgNO. The molecule has 2 nitrogen and oxygen atoms in total. The van der Waals surface area contributed by atoms with Crippen molar-refractivity contribution in [2.24, 2.45) is 0 Å². The smallest absolute Gasteiger partial charge is 1.00 e. The molecule has 4 heteroatoms. The van der Waals surface area contributed by atoms with E-state index in [4.69, 9.17) is 4.74 Å². The Morgan fingerprint density at radius 1 is 1.60 bits per heavy atom. The van der Waals surface area contributed by atoms with E-state index < -0.39 is 0 Å². The van der Waals surface area contributed by atoms with Crippen molar-refractivity contribution in [2.45, 2.75) is 0 Å². The molecule has 0 aliphatic carbocycles. The molecule has 0 aliphatic heterocycles. The molecule has 0 aliphatic rings. The van der Waals surface area contributed by atoms with Gasteiger partial charge in [-0.15, -0.1) is 6.07 Å². The Morgan fingerprint density at radius 3 is 2.60 bits per heavy atom. The Bertz CT molecular complexity index is 159. The number of ether oxygens (including phenoxy) is 1. The molecule has 0 spiro atoms. The molecule has 0 N–H and O–H groups in total. The van der Waals surface area contributed by atoms with Crippen molar-refractivity contribution in [1.82, 2.24) is 4.98 Å². The fourth-order valence-electron chi connectivity index (χ4n) is 0.427. The monoisotopic (exact) mass is 211 g/mol. The third-order valence-corrected chi connectivity index (χ3v) is 0.798. The van der Waals surface area contributed by atoms with Gasteiger partial charge in [-0.3, -0.25) is 4.98 Å². The molecule has 1 aromatic rings. The van der Waals surface area contributed by atoms with Crippen LogP contribution in [0.15, 0.2) is 18.3 Å². The zero-order valence-corrected chi connectivity index (χ0v) is 8.67. The van der Waals surface area contributed by atoms with E-state index in [0.717, 1.165) is 0 Å². The average molecular weight is 212 g/mol. The number of rotatable bonds is 1. The zero-order valence-electron chi connectivity index (χ0n) is 5.67. The first kappa shape index (κ1) is 12.8. The quantitative estimate of drug-likeness (QED) is 0.380. The number of hydrogen-bond acceptors (Lipinski definition) is 2. The normalized spacial score (nSPS) is 6.90.